The van der Waals surface area contributed by atoms with Crippen molar-refractivity contribution in [1.82, 2.24) is 14.9 Å². The van der Waals surface area contributed by atoms with Gasteiger partial charge in [0.1, 0.15) is 5.82 Å². The molecule has 1 aliphatic rings. The monoisotopic (exact) mass is 293 g/mol. The van der Waals surface area contributed by atoms with E-state index in [-0.39, 0.29) is 0 Å². The van der Waals surface area contributed by atoms with Crippen LogP contribution in [0.3, 0.4) is 0 Å². The Morgan fingerprint density at radius 1 is 1.30 bits per heavy atom. The second-order valence-corrected chi connectivity index (χ2v) is 6.15. The van der Waals surface area contributed by atoms with Crippen molar-refractivity contribution in [3.63, 3.8) is 0 Å². The second-order valence-electron chi connectivity index (χ2n) is 6.15. The average Bonchev–Trinajstić information content (AvgIpc) is 2.67. The average molecular weight is 293 g/mol. The molecule has 0 atom stereocenters. The molecule has 114 valence electrons. The SMILES string of the molecule is CC(C)(C)c1nc2c(n1CC(F)(F)C(F)F)CCNC2. The highest BCUT2D eigenvalue weighted by Gasteiger charge is 2.43. The zero-order valence-corrected chi connectivity index (χ0v) is 11.8. The number of nitrogens with zero attached hydrogens (tertiary/aromatic N) is 2. The van der Waals surface area contributed by atoms with Gasteiger partial charge >= 0.3 is 12.3 Å². The summed E-state index contributed by atoms with van der Waals surface area (Å²) in [6.45, 7) is 5.63. The van der Waals surface area contributed by atoms with Gasteiger partial charge in [-0.1, -0.05) is 20.8 Å². The summed E-state index contributed by atoms with van der Waals surface area (Å²) < 4.78 is 53.1. The third kappa shape index (κ3) is 2.82. The molecule has 0 aromatic carbocycles. The first-order chi connectivity index (χ1) is 9.13. The molecule has 0 amide bonds. The molecule has 0 bridgehead atoms. The number of hydrogen-bond donors (Lipinski definition) is 1. The van der Waals surface area contributed by atoms with Gasteiger partial charge in [-0.05, 0) is 0 Å². The van der Waals surface area contributed by atoms with E-state index in [4.69, 9.17) is 0 Å². The highest BCUT2D eigenvalue weighted by Crippen LogP contribution is 2.31. The van der Waals surface area contributed by atoms with Crippen LogP contribution in [0, 0.1) is 0 Å². The molecule has 0 radical (unpaired) electrons. The Labute approximate surface area is 115 Å². The number of fused-ring (bicyclic) bond motifs is 1. The van der Waals surface area contributed by atoms with Crippen molar-refractivity contribution in [3.8, 4) is 0 Å². The number of imidazole rings is 1. The van der Waals surface area contributed by atoms with E-state index in [1.165, 1.54) is 4.57 Å². The molecule has 0 saturated heterocycles. The third-order valence-corrected chi connectivity index (χ3v) is 3.35. The summed E-state index contributed by atoms with van der Waals surface area (Å²) in [4.78, 5) is 4.39. The molecule has 1 aromatic heterocycles. The highest BCUT2D eigenvalue weighted by molar-refractivity contribution is 5.24. The normalized spacial score (nSPS) is 16.6. The van der Waals surface area contributed by atoms with Gasteiger partial charge in [-0.25, -0.2) is 13.8 Å². The van der Waals surface area contributed by atoms with Gasteiger partial charge in [-0.2, -0.15) is 8.78 Å². The minimum Gasteiger partial charge on any atom is -0.325 e. The molecule has 0 spiro atoms. The number of alkyl halides is 4. The summed E-state index contributed by atoms with van der Waals surface area (Å²) in [6.07, 6.45) is -3.15. The van der Waals surface area contributed by atoms with E-state index in [1.54, 1.807) is 0 Å². The van der Waals surface area contributed by atoms with E-state index in [0.717, 1.165) is 0 Å². The van der Waals surface area contributed by atoms with Gasteiger partial charge in [-0.15, -0.1) is 0 Å². The van der Waals surface area contributed by atoms with Crippen molar-refractivity contribution in [3.05, 3.63) is 17.2 Å². The number of rotatable bonds is 3. The van der Waals surface area contributed by atoms with E-state index in [1.807, 2.05) is 20.8 Å². The van der Waals surface area contributed by atoms with Crippen LogP contribution < -0.4 is 5.32 Å². The molecule has 0 saturated carbocycles. The van der Waals surface area contributed by atoms with Gasteiger partial charge in [0.05, 0.1) is 12.2 Å². The molecule has 0 unspecified atom stereocenters. The molecule has 1 aromatic rings. The summed E-state index contributed by atoms with van der Waals surface area (Å²) in [5.41, 5.74) is 0.857. The maximum absolute atomic E-state index is 13.4. The first kappa shape index (κ1) is 15.3. The van der Waals surface area contributed by atoms with Crippen molar-refractivity contribution in [2.24, 2.45) is 0 Å². The Morgan fingerprint density at radius 2 is 1.95 bits per heavy atom. The van der Waals surface area contributed by atoms with Gasteiger partial charge in [-0.3, -0.25) is 0 Å². The predicted octanol–water partition coefficient (Wildman–Crippen LogP) is 2.73. The summed E-state index contributed by atoms with van der Waals surface area (Å²) >= 11 is 0. The maximum atomic E-state index is 13.4. The quantitative estimate of drug-likeness (QED) is 0.868. The lowest BCUT2D eigenvalue weighted by Crippen LogP contribution is -2.35. The number of hydrogen-bond acceptors (Lipinski definition) is 2. The van der Waals surface area contributed by atoms with Gasteiger partial charge in [0.2, 0.25) is 0 Å². The topological polar surface area (TPSA) is 29.9 Å². The molecule has 1 aliphatic heterocycles. The molecular weight excluding hydrogens is 274 g/mol. The first-order valence-electron chi connectivity index (χ1n) is 6.58. The largest absolute Gasteiger partial charge is 0.325 e. The number of nitrogens with one attached hydrogen (secondary N) is 1. The molecule has 0 aliphatic carbocycles. The van der Waals surface area contributed by atoms with Crippen LogP contribution in [-0.2, 0) is 24.9 Å². The molecule has 7 heteroatoms. The van der Waals surface area contributed by atoms with Crippen LogP contribution in [0.2, 0.25) is 0 Å². The summed E-state index contributed by atoms with van der Waals surface area (Å²) in [5, 5.41) is 3.11. The third-order valence-electron chi connectivity index (χ3n) is 3.35. The van der Waals surface area contributed by atoms with E-state index in [0.29, 0.717) is 36.7 Å². The number of aromatic nitrogens is 2. The zero-order valence-electron chi connectivity index (χ0n) is 11.8. The summed E-state index contributed by atoms with van der Waals surface area (Å²) in [5.74, 6) is -3.61. The lowest BCUT2D eigenvalue weighted by Gasteiger charge is -2.25. The smallest absolute Gasteiger partial charge is 0.324 e. The van der Waals surface area contributed by atoms with E-state index in [9.17, 15) is 17.6 Å². The Morgan fingerprint density at radius 3 is 2.50 bits per heavy atom. The summed E-state index contributed by atoms with van der Waals surface area (Å²) in [7, 11) is 0. The molecule has 0 fully saturated rings. The molecule has 2 rings (SSSR count). The van der Waals surface area contributed by atoms with Crippen molar-refractivity contribution >= 4 is 0 Å². The zero-order chi connectivity index (χ0) is 15.1. The van der Waals surface area contributed by atoms with Gasteiger partial charge in [0, 0.05) is 30.6 Å². The maximum Gasteiger partial charge on any atom is 0.324 e. The van der Waals surface area contributed by atoms with Crippen LogP contribution in [0.5, 0.6) is 0 Å². The van der Waals surface area contributed by atoms with Crippen molar-refractivity contribution in [2.75, 3.05) is 6.54 Å². The van der Waals surface area contributed by atoms with Crippen molar-refractivity contribution in [2.45, 2.75) is 58.0 Å². The van der Waals surface area contributed by atoms with Crippen LogP contribution in [0.1, 0.15) is 38.0 Å². The molecule has 20 heavy (non-hydrogen) atoms. The molecule has 2 heterocycles. The van der Waals surface area contributed by atoms with Crippen LogP contribution >= 0.6 is 0 Å². The van der Waals surface area contributed by atoms with E-state index >= 15 is 0 Å². The fourth-order valence-electron chi connectivity index (χ4n) is 2.39. The lowest BCUT2D eigenvalue weighted by atomic mass is 9.95. The number of halogens is 4. The molecule has 1 N–H and O–H groups in total. The second kappa shape index (κ2) is 5.02. The van der Waals surface area contributed by atoms with Crippen molar-refractivity contribution in [1.29, 1.82) is 0 Å². The van der Waals surface area contributed by atoms with Crippen molar-refractivity contribution < 1.29 is 17.6 Å². The minimum atomic E-state index is -4.04. The standard InChI is InChI=1S/C13H19F4N3/c1-12(2,3)11-19-8-6-18-5-4-9(8)20(11)7-13(16,17)10(14)15/h10,18H,4-7H2,1-3H3. The highest BCUT2D eigenvalue weighted by atomic mass is 19.3. The predicted molar refractivity (Wildman–Crippen MR) is 67.3 cm³/mol. The van der Waals surface area contributed by atoms with Crippen LogP contribution in [-0.4, -0.2) is 28.4 Å². The van der Waals surface area contributed by atoms with E-state index in [2.05, 4.69) is 10.3 Å². The Kier molecular flexibility index (Phi) is 3.83. The Hall–Kier alpha value is -1.11. The first-order valence-corrected chi connectivity index (χ1v) is 6.58. The van der Waals surface area contributed by atoms with Crippen LogP contribution in [0.25, 0.3) is 0 Å². The molecule has 3 nitrogen and oxygen atoms in total. The van der Waals surface area contributed by atoms with Gasteiger partial charge in [0.15, 0.2) is 0 Å². The fraction of sp³-hybridized carbons (Fsp3) is 0.769. The fourth-order valence-corrected chi connectivity index (χ4v) is 2.39. The Bertz CT molecular complexity index is 489. The minimum absolute atomic E-state index is 0.437. The molecular formula is C13H19F4N3. The lowest BCUT2D eigenvalue weighted by molar-refractivity contribution is -0.138. The van der Waals surface area contributed by atoms with Gasteiger partial charge < -0.3 is 9.88 Å². The Balaban J connectivity index is 2.47. The van der Waals surface area contributed by atoms with Crippen LogP contribution in [0.15, 0.2) is 0 Å². The van der Waals surface area contributed by atoms with E-state index < -0.39 is 24.3 Å². The van der Waals surface area contributed by atoms with Gasteiger partial charge in [0.25, 0.3) is 0 Å². The summed E-state index contributed by atoms with van der Waals surface area (Å²) in [6, 6.07) is 0. The van der Waals surface area contributed by atoms with Crippen LogP contribution in [0.4, 0.5) is 17.6 Å².